The number of anilines is 1. The van der Waals surface area contributed by atoms with Crippen LogP contribution in [0.3, 0.4) is 0 Å². The zero-order valence-electron chi connectivity index (χ0n) is 9.41. The van der Waals surface area contributed by atoms with E-state index in [1.807, 2.05) is 17.8 Å². The molecule has 1 aliphatic heterocycles. The topological polar surface area (TPSA) is 38.0 Å². The lowest BCUT2D eigenvalue weighted by Crippen LogP contribution is -2.24. The minimum atomic E-state index is -0.354. The Morgan fingerprint density at radius 2 is 2.12 bits per heavy atom. The fourth-order valence-corrected chi connectivity index (χ4v) is 3.15. The molecule has 1 aromatic rings. The summed E-state index contributed by atoms with van der Waals surface area (Å²) in [6.45, 7) is 0. The normalized spacial score (nSPS) is 16.8. The molecule has 0 atom stereocenters. The van der Waals surface area contributed by atoms with Crippen LogP contribution in [-0.4, -0.2) is 22.5 Å². The van der Waals surface area contributed by atoms with E-state index < -0.39 is 0 Å². The third kappa shape index (κ3) is 3.33. The molecule has 0 spiro atoms. The van der Waals surface area contributed by atoms with Crippen LogP contribution in [-0.2, 0) is 0 Å². The first-order chi connectivity index (χ1) is 8.16. The largest absolute Gasteiger partial charge is 0.389 e. The highest BCUT2D eigenvalue weighted by atomic mass is 32.2. The van der Waals surface area contributed by atoms with Crippen LogP contribution in [0.25, 0.3) is 0 Å². The SMILES string of the molecule is NC(=S)c1ccc(NC2CCSCC2)cc1F. The molecule has 1 heterocycles. The van der Waals surface area contributed by atoms with Crippen LogP contribution in [0, 0.1) is 5.82 Å². The van der Waals surface area contributed by atoms with Gasteiger partial charge in [0, 0.05) is 17.3 Å². The van der Waals surface area contributed by atoms with E-state index in [0.717, 1.165) is 18.5 Å². The van der Waals surface area contributed by atoms with Gasteiger partial charge in [-0.3, -0.25) is 0 Å². The van der Waals surface area contributed by atoms with Crippen molar-refractivity contribution in [1.29, 1.82) is 0 Å². The zero-order valence-corrected chi connectivity index (χ0v) is 11.0. The van der Waals surface area contributed by atoms with Gasteiger partial charge in [0.15, 0.2) is 0 Å². The minimum Gasteiger partial charge on any atom is -0.389 e. The molecular formula is C12H15FN2S2. The first kappa shape index (κ1) is 12.6. The summed E-state index contributed by atoms with van der Waals surface area (Å²) in [5.74, 6) is 1.99. The highest BCUT2D eigenvalue weighted by Gasteiger charge is 2.14. The first-order valence-corrected chi connectivity index (χ1v) is 7.17. The van der Waals surface area contributed by atoms with Crippen molar-refractivity contribution in [3.8, 4) is 0 Å². The molecule has 1 fully saturated rings. The fourth-order valence-electron chi connectivity index (χ4n) is 1.88. The van der Waals surface area contributed by atoms with Crippen molar-refractivity contribution in [2.24, 2.45) is 5.73 Å². The summed E-state index contributed by atoms with van der Waals surface area (Å²) in [5, 5.41) is 3.35. The van der Waals surface area contributed by atoms with E-state index in [-0.39, 0.29) is 10.8 Å². The summed E-state index contributed by atoms with van der Waals surface area (Å²) in [6.07, 6.45) is 2.26. The molecule has 0 amide bonds. The number of benzene rings is 1. The molecule has 0 aromatic heterocycles. The van der Waals surface area contributed by atoms with Crippen molar-refractivity contribution in [2.45, 2.75) is 18.9 Å². The van der Waals surface area contributed by atoms with E-state index in [9.17, 15) is 4.39 Å². The van der Waals surface area contributed by atoms with Gasteiger partial charge in [0.25, 0.3) is 0 Å². The number of thiocarbonyl (C=S) groups is 1. The average Bonchev–Trinajstić information content (AvgIpc) is 2.30. The molecule has 17 heavy (non-hydrogen) atoms. The maximum Gasteiger partial charge on any atom is 0.135 e. The number of rotatable bonds is 3. The average molecular weight is 270 g/mol. The van der Waals surface area contributed by atoms with Gasteiger partial charge in [-0.25, -0.2) is 4.39 Å². The number of nitrogens with two attached hydrogens (primary N) is 1. The van der Waals surface area contributed by atoms with Crippen LogP contribution < -0.4 is 11.1 Å². The van der Waals surface area contributed by atoms with Crippen molar-refractivity contribution < 1.29 is 4.39 Å². The van der Waals surface area contributed by atoms with Crippen LogP contribution in [0.5, 0.6) is 0 Å². The predicted octanol–water partition coefficient (Wildman–Crippen LogP) is 2.77. The molecule has 1 aliphatic rings. The van der Waals surface area contributed by atoms with Gasteiger partial charge in [0.1, 0.15) is 10.8 Å². The van der Waals surface area contributed by atoms with Gasteiger partial charge >= 0.3 is 0 Å². The Kier molecular flexibility index (Phi) is 4.23. The molecule has 1 saturated heterocycles. The van der Waals surface area contributed by atoms with Crippen LogP contribution in [0.15, 0.2) is 18.2 Å². The minimum absolute atomic E-state index is 0.100. The van der Waals surface area contributed by atoms with Crippen LogP contribution in [0.2, 0.25) is 0 Å². The highest BCUT2D eigenvalue weighted by molar-refractivity contribution is 7.99. The number of hydrogen-bond acceptors (Lipinski definition) is 3. The second-order valence-corrected chi connectivity index (χ2v) is 5.75. The molecule has 0 radical (unpaired) electrons. The van der Waals surface area contributed by atoms with E-state index in [1.54, 1.807) is 6.07 Å². The Morgan fingerprint density at radius 3 is 2.71 bits per heavy atom. The van der Waals surface area contributed by atoms with Crippen molar-refractivity contribution in [3.63, 3.8) is 0 Å². The molecule has 2 nitrogen and oxygen atoms in total. The smallest absolute Gasteiger partial charge is 0.135 e. The number of hydrogen-bond donors (Lipinski definition) is 2. The van der Waals surface area contributed by atoms with Gasteiger partial charge in [-0.15, -0.1) is 0 Å². The Balaban J connectivity index is 2.06. The van der Waals surface area contributed by atoms with E-state index in [1.165, 1.54) is 17.6 Å². The maximum absolute atomic E-state index is 13.6. The Morgan fingerprint density at radius 1 is 1.41 bits per heavy atom. The summed E-state index contributed by atoms with van der Waals surface area (Å²) >= 11 is 6.74. The van der Waals surface area contributed by atoms with E-state index >= 15 is 0 Å². The molecular weight excluding hydrogens is 255 g/mol. The van der Waals surface area contributed by atoms with Crippen molar-refractivity contribution in [1.82, 2.24) is 0 Å². The summed E-state index contributed by atoms with van der Waals surface area (Å²) < 4.78 is 13.6. The van der Waals surface area contributed by atoms with Gasteiger partial charge < -0.3 is 11.1 Å². The number of halogens is 1. The maximum atomic E-state index is 13.6. The highest BCUT2D eigenvalue weighted by Crippen LogP contribution is 2.22. The molecule has 5 heteroatoms. The van der Waals surface area contributed by atoms with Crippen molar-refractivity contribution in [2.75, 3.05) is 16.8 Å². The van der Waals surface area contributed by atoms with Gasteiger partial charge in [0.05, 0.1) is 0 Å². The molecule has 0 unspecified atom stereocenters. The monoisotopic (exact) mass is 270 g/mol. The Labute approximate surface area is 110 Å². The second-order valence-electron chi connectivity index (χ2n) is 4.09. The van der Waals surface area contributed by atoms with Gasteiger partial charge in [-0.2, -0.15) is 11.8 Å². The summed E-state index contributed by atoms with van der Waals surface area (Å²) in [5.41, 5.74) is 6.53. The predicted molar refractivity (Wildman–Crippen MR) is 76.3 cm³/mol. The van der Waals surface area contributed by atoms with Crippen LogP contribution >= 0.6 is 24.0 Å². The number of nitrogens with one attached hydrogen (secondary N) is 1. The van der Waals surface area contributed by atoms with Crippen LogP contribution in [0.4, 0.5) is 10.1 Å². The van der Waals surface area contributed by atoms with Gasteiger partial charge in [-0.05, 0) is 42.5 Å². The molecule has 0 bridgehead atoms. The third-order valence-corrected chi connectivity index (χ3v) is 4.10. The quantitative estimate of drug-likeness (QED) is 0.828. The molecule has 92 valence electrons. The zero-order chi connectivity index (χ0) is 12.3. The van der Waals surface area contributed by atoms with Gasteiger partial charge in [0.2, 0.25) is 0 Å². The fraction of sp³-hybridized carbons (Fsp3) is 0.417. The second kappa shape index (κ2) is 5.69. The van der Waals surface area contributed by atoms with E-state index in [4.69, 9.17) is 18.0 Å². The Bertz CT molecular complexity index is 417. The molecule has 0 aliphatic carbocycles. The van der Waals surface area contributed by atoms with E-state index in [0.29, 0.717) is 11.6 Å². The lowest BCUT2D eigenvalue weighted by molar-refractivity contribution is 0.623. The summed E-state index contributed by atoms with van der Waals surface area (Å²) in [4.78, 5) is 0.100. The summed E-state index contributed by atoms with van der Waals surface area (Å²) in [6, 6.07) is 5.39. The first-order valence-electron chi connectivity index (χ1n) is 5.60. The number of thioether (sulfide) groups is 1. The van der Waals surface area contributed by atoms with Crippen molar-refractivity contribution >= 4 is 34.7 Å². The van der Waals surface area contributed by atoms with Crippen molar-refractivity contribution in [3.05, 3.63) is 29.6 Å². The third-order valence-electron chi connectivity index (χ3n) is 2.83. The lowest BCUT2D eigenvalue weighted by Gasteiger charge is -2.23. The van der Waals surface area contributed by atoms with Crippen LogP contribution in [0.1, 0.15) is 18.4 Å². The molecule has 1 aromatic carbocycles. The molecule has 0 saturated carbocycles. The summed E-state index contributed by atoms with van der Waals surface area (Å²) in [7, 11) is 0. The standard InChI is InChI=1S/C12H15FN2S2/c13-11-7-9(1-2-10(11)12(14)16)15-8-3-5-17-6-4-8/h1-2,7-8,15H,3-6H2,(H2,14,16). The molecule has 2 rings (SSSR count). The lowest BCUT2D eigenvalue weighted by atomic mass is 10.1. The molecule has 3 N–H and O–H groups in total. The van der Waals surface area contributed by atoms with Gasteiger partial charge in [-0.1, -0.05) is 12.2 Å². The Hall–Kier alpha value is -0.810. The van der Waals surface area contributed by atoms with E-state index in [2.05, 4.69) is 5.32 Å².